The number of para-hydroxylation sites is 1. The summed E-state index contributed by atoms with van der Waals surface area (Å²) in [6.07, 6.45) is -1.01. The molecule has 1 atom stereocenters. The summed E-state index contributed by atoms with van der Waals surface area (Å²) in [6, 6.07) is 11.0. The molecule has 0 aliphatic rings. The van der Waals surface area contributed by atoms with Gasteiger partial charge in [0.25, 0.3) is 0 Å². The van der Waals surface area contributed by atoms with Gasteiger partial charge in [-0.1, -0.05) is 18.2 Å². The predicted molar refractivity (Wildman–Crippen MR) is 79.9 cm³/mol. The Morgan fingerprint density at radius 2 is 1.95 bits per heavy atom. The van der Waals surface area contributed by atoms with E-state index in [4.69, 9.17) is 9.47 Å². The van der Waals surface area contributed by atoms with Crippen molar-refractivity contribution in [1.29, 1.82) is 0 Å². The molecule has 0 amide bonds. The van der Waals surface area contributed by atoms with Crippen LogP contribution in [0.3, 0.4) is 0 Å². The Bertz CT molecular complexity index is 669. The zero-order valence-corrected chi connectivity index (χ0v) is 12.4. The normalized spacial score (nSPS) is 11.8. The predicted octanol–water partition coefficient (Wildman–Crippen LogP) is 3.15. The summed E-state index contributed by atoms with van der Waals surface area (Å²) in [6.45, 7) is 1.35. The molecule has 0 saturated carbocycles. The number of ketones is 1. The van der Waals surface area contributed by atoms with E-state index in [0.29, 0.717) is 16.9 Å². The molecular formula is C17H17FO4. The van der Waals surface area contributed by atoms with Crippen LogP contribution in [0.1, 0.15) is 28.9 Å². The maximum Gasteiger partial charge on any atom is 0.165 e. The Hall–Kier alpha value is -2.40. The van der Waals surface area contributed by atoms with Crippen molar-refractivity contribution >= 4 is 5.78 Å². The number of carbonyl (C=O) groups excluding carboxylic acids is 1. The van der Waals surface area contributed by atoms with Crippen molar-refractivity contribution in [2.75, 3.05) is 13.7 Å². The summed E-state index contributed by atoms with van der Waals surface area (Å²) in [4.78, 5) is 11.5. The third kappa shape index (κ3) is 3.62. The van der Waals surface area contributed by atoms with Gasteiger partial charge in [0.2, 0.25) is 0 Å². The Balaban J connectivity index is 2.08. The SMILES string of the molecule is COc1ccc(C(O)COc2ccccc2C(C)=O)cc1F. The highest BCUT2D eigenvalue weighted by atomic mass is 19.1. The summed E-state index contributed by atoms with van der Waals surface area (Å²) in [7, 11) is 1.37. The minimum Gasteiger partial charge on any atom is -0.494 e. The molecule has 0 bridgehead atoms. The van der Waals surface area contributed by atoms with Crippen LogP contribution >= 0.6 is 0 Å². The van der Waals surface area contributed by atoms with Gasteiger partial charge in [-0.15, -0.1) is 0 Å². The Labute approximate surface area is 128 Å². The third-order valence-corrected chi connectivity index (χ3v) is 3.22. The van der Waals surface area contributed by atoms with E-state index >= 15 is 0 Å². The molecule has 0 heterocycles. The Morgan fingerprint density at radius 1 is 1.23 bits per heavy atom. The van der Waals surface area contributed by atoms with Crippen molar-refractivity contribution in [2.24, 2.45) is 0 Å². The molecule has 5 heteroatoms. The average Bonchev–Trinajstić information content (AvgIpc) is 2.52. The first kappa shape index (κ1) is 16.0. The minimum atomic E-state index is -1.01. The number of benzene rings is 2. The highest BCUT2D eigenvalue weighted by molar-refractivity contribution is 5.96. The summed E-state index contributed by atoms with van der Waals surface area (Å²) >= 11 is 0. The van der Waals surface area contributed by atoms with E-state index in [-0.39, 0.29) is 18.1 Å². The molecule has 0 fully saturated rings. The largest absolute Gasteiger partial charge is 0.494 e. The summed E-state index contributed by atoms with van der Waals surface area (Å²) in [5.74, 6) is -0.175. The monoisotopic (exact) mass is 304 g/mol. The van der Waals surface area contributed by atoms with Crippen molar-refractivity contribution in [3.05, 3.63) is 59.4 Å². The molecule has 22 heavy (non-hydrogen) atoms. The van der Waals surface area contributed by atoms with Gasteiger partial charge < -0.3 is 14.6 Å². The van der Waals surface area contributed by atoms with E-state index in [1.807, 2.05) is 0 Å². The highest BCUT2D eigenvalue weighted by Crippen LogP contribution is 2.24. The van der Waals surface area contributed by atoms with Crippen LogP contribution in [0.2, 0.25) is 0 Å². The molecular weight excluding hydrogens is 287 g/mol. The molecule has 2 rings (SSSR count). The number of halogens is 1. The molecule has 1 N–H and O–H groups in total. The number of hydrogen-bond acceptors (Lipinski definition) is 4. The van der Waals surface area contributed by atoms with Crippen LogP contribution in [0.15, 0.2) is 42.5 Å². The quantitative estimate of drug-likeness (QED) is 0.833. The maximum atomic E-state index is 13.6. The zero-order valence-electron chi connectivity index (χ0n) is 12.4. The molecule has 0 aliphatic carbocycles. The van der Waals surface area contributed by atoms with Crippen LogP contribution in [0, 0.1) is 5.82 Å². The van der Waals surface area contributed by atoms with E-state index in [9.17, 15) is 14.3 Å². The van der Waals surface area contributed by atoms with Gasteiger partial charge in [-0.05, 0) is 36.8 Å². The van der Waals surface area contributed by atoms with E-state index < -0.39 is 11.9 Å². The molecule has 0 radical (unpaired) electrons. The Morgan fingerprint density at radius 3 is 2.59 bits per heavy atom. The molecule has 2 aromatic carbocycles. The lowest BCUT2D eigenvalue weighted by molar-refractivity contribution is 0.0976. The number of Topliss-reactive ketones (excluding diaryl/α,β-unsaturated/α-hetero) is 1. The molecule has 2 aromatic rings. The van der Waals surface area contributed by atoms with Gasteiger partial charge in [0.1, 0.15) is 18.5 Å². The van der Waals surface area contributed by atoms with Crippen LogP contribution < -0.4 is 9.47 Å². The van der Waals surface area contributed by atoms with Crippen molar-refractivity contribution in [2.45, 2.75) is 13.0 Å². The first-order chi connectivity index (χ1) is 10.5. The molecule has 116 valence electrons. The number of hydrogen-bond donors (Lipinski definition) is 1. The number of aliphatic hydroxyl groups is 1. The van der Waals surface area contributed by atoms with Gasteiger partial charge in [0, 0.05) is 0 Å². The van der Waals surface area contributed by atoms with Gasteiger partial charge in [0.15, 0.2) is 17.3 Å². The fourth-order valence-corrected chi connectivity index (χ4v) is 2.04. The van der Waals surface area contributed by atoms with Crippen LogP contribution in [-0.2, 0) is 0 Å². The molecule has 4 nitrogen and oxygen atoms in total. The average molecular weight is 304 g/mol. The number of rotatable bonds is 6. The first-order valence-electron chi connectivity index (χ1n) is 6.77. The third-order valence-electron chi connectivity index (χ3n) is 3.22. The second-order valence-corrected chi connectivity index (χ2v) is 4.77. The van der Waals surface area contributed by atoms with Gasteiger partial charge in [-0.25, -0.2) is 4.39 Å². The second kappa shape index (κ2) is 7.04. The standard InChI is InChI=1S/C17H17FO4/c1-11(19)13-5-3-4-6-16(13)22-10-15(20)12-7-8-17(21-2)14(18)9-12/h3-9,15,20H,10H2,1-2H3. The van der Waals surface area contributed by atoms with Crippen molar-refractivity contribution < 1.29 is 23.8 Å². The van der Waals surface area contributed by atoms with Crippen molar-refractivity contribution in [3.63, 3.8) is 0 Å². The number of ether oxygens (including phenoxy) is 2. The fourth-order valence-electron chi connectivity index (χ4n) is 2.04. The molecule has 0 aliphatic heterocycles. The lowest BCUT2D eigenvalue weighted by Crippen LogP contribution is -2.11. The van der Waals surface area contributed by atoms with E-state index in [1.165, 1.54) is 26.2 Å². The topological polar surface area (TPSA) is 55.8 Å². The maximum absolute atomic E-state index is 13.6. The number of aliphatic hydroxyl groups excluding tert-OH is 1. The van der Waals surface area contributed by atoms with E-state index in [0.717, 1.165) is 0 Å². The molecule has 1 unspecified atom stereocenters. The van der Waals surface area contributed by atoms with Crippen molar-refractivity contribution in [3.8, 4) is 11.5 Å². The zero-order chi connectivity index (χ0) is 16.1. The first-order valence-corrected chi connectivity index (χ1v) is 6.77. The van der Waals surface area contributed by atoms with Crippen LogP contribution in [0.25, 0.3) is 0 Å². The van der Waals surface area contributed by atoms with Crippen molar-refractivity contribution in [1.82, 2.24) is 0 Å². The van der Waals surface area contributed by atoms with E-state index in [1.54, 1.807) is 30.3 Å². The van der Waals surface area contributed by atoms with Crippen LogP contribution in [-0.4, -0.2) is 24.6 Å². The Kier molecular flexibility index (Phi) is 5.12. The lowest BCUT2D eigenvalue weighted by atomic mass is 10.1. The minimum absolute atomic E-state index is 0.0872. The molecule has 0 saturated heterocycles. The lowest BCUT2D eigenvalue weighted by Gasteiger charge is -2.15. The van der Waals surface area contributed by atoms with Gasteiger partial charge >= 0.3 is 0 Å². The summed E-state index contributed by atoms with van der Waals surface area (Å²) in [5.41, 5.74) is 0.814. The highest BCUT2D eigenvalue weighted by Gasteiger charge is 2.14. The summed E-state index contributed by atoms with van der Waals surface area (Å²) in [5, 5.41) is 10.1. The number of methoxy groups -OCH3 is 1. The molecule has 0 aromatic heterocycles. The van der Waals surface area contributed by atoms with E-state index in [2.05, 4.69) is 0 Å². The van der Waals surface area contributed by atoms with Gasteiger partial charge in [-0.2, -0.15) is 0 Å². The van der Waals surface area contributed by atoms with Crippen LogP contribution in [0.4, 0.5) is 4.39 Å². The second-order valence-electron chi connectivity index (χ2n) is 4.77. The summed E-state index contributed by atoms with van der Waals surface area (Å²) < 4.78 is 23.9. The number of carbonyl (C=O) groups is 1. The fraction of sp³-hybridized carbons (Fsp3) is 0.235. The van der Waals surface area contributed by atoms with Gasteiger partial charge in [0.05, 0.1) is 12.7 Å². The van der Waals surface area contributed by atoms with Gasteiger partial charge in [-0.3, -0.25) is 4.79 Å². The molecule has 0 spiro atoms. The smallest absolute Gasteiger partial charge is 0.165 e. The van der Waals surface area contributed by atoms with Crippen LogP contribution in [0.5, 0.6) is 11.5 Å².